The lowest BCUT2D eigenvalue weighted by atomic mass is 9.73. The lowest BCUT2D eigenvalue weighted by molar-refractivity contribution is -0.0654. The summed E-state index contributed by atoms with van der Waals surface area (Å²) < 4.78 is 6.05. The average molecular weight is 236 g/mol. The molecule has 3 aliphatic carbocycles. The van der Waals surface area contributed by atoms with Crippen LogP contribution in [0.1, 0.15) is 47.0 Å². The highest BCUT2D eigenvalue weighted by Gasteiger charge is 2.82. The molecular weight excluding hydrogens is 212 g/mol. The van der Waals surface area contributed by atoms with Crippen molar-refractivity contribution in [3.63, 3.8) is 0 Å². The first-order valence-electron chi connectivity index (χ1n) is 7.22. The van der Waals surface area contributed by atoms with Crippen LogP contribution in [0.4, 0.5) is 0 Å². The van der Waals surface area contributed by atoms with E-state index in [9.17, 15) is 5.11 Å². The quantitative estimate of drug-likeness (QED) is 0.656. The zero-order valence-electron chi connectivity index (χ0n) is 11.4. The molecule has 1 N–H and O–H groups in total. The van der Waals surface area contributed by atoms with Crippen LogP contribution in [-0.2, 0) is 4.74 Å². The van der Waals surface area contributed by atoms with Crippen LogP contribution in [0.2, 0.25) is 0 Å². The van der Waals surface area contributed by atoms with Gasteiger partial charge in [-0.05, 0) is 55.3 Å². The molecular formula is C15H24O2. The van der Waals surface area contributed by atoms with Crippen molar-refractivity contribution in [2.45, 2.75) is 64.3 Å². The van der Waals surface area contributed by atoms with E-state index in [1.807, 2.05) is 6.92 Å². The molecule has 0 aromatic heterocycles. The Hall–Kier alpha value is -0.0800. The highest BCUT2D eigenvalue weighted by molar-refractivity contribution is 5.29. The van der Waals surface area contributed by atoms with E-state index in [4.69, 9.17) is 4.74 Å². The molecule has 4 fully saturated rings. The monoisotopic (exact) mass is 236 g/mol. The third kappa shape index (κ3) is 0.986. The van der Waals surface area contributed by atoms with Crippen LogP contribution in [0.25, 0.3) is 0 Å². The van der Waals surface area contributed by atoms with Crippen LogP contribution in [0.3, 0.4) is 0 Å². The summed E-state index contributed by atoms with van der Waals surface area (Å²) in [6, 6.07) is 0. The third-order valence-electron chi connectivity index (χ3n) is 6.76. The van der Waals surface area contributed by atoms with Gasteiger partial charge in [-0.25, -0.2) is 0 Å². The molecule has 0 radical (unpaired) electrons. The zero-order chi connectivity index (χ0) is 12.2. The summed E-state index contributed by atoms with van der Waals surface area (Å²) in [5.74, 6) is 2.94. The van der Waals surface area contributed by atoms with Crippen molar-refractivity contribution in [3.8, 4) is 0 Å². The van der Waals surface area contributed by atoms with Gasteiger partial charge in [-0.2, -0.15) is 0 Å². The molecule has 0 amide bonds. The van der Waals surface area contributed by atoms with Gasteiger partial charge in [0.1, 0.15) is 5.60 Å². The maximum Gasteiger partial charge on any atom is 0.126 e. The number of fused-ring (bicyclic) bond motifs is 2. The molecule has 3 saturated carbocycles. The van der Waals surface area contributed by atoms with Gasteiger partial charge in [0.25, 0.3) is 0 Å². The summed E-state index contributed by atoms with van der Waals surface area (Å²) in [5.41, 5.74) is -0.264. The fraction of sp³-hybridized carbons (Fsp3) is 1.00. The Balaban J connectivity index is 1.80. The van der Waals surface area contributed by atoms with Gasteiger partial charge in [-0.15, -0.1) is 0 Å². The minimum atomic E-state index is -0.587. The topological polar surface area (TPSA) is 32.8 Å². The summed E-state index contributed by atoms with van der Waals surface area (Å²) in [6.45, 7) is 9.22. The largest absolute Gasteiger partial charge is 0.387 e. The van der Waals surface area contributed by atoms with E-state index in [1.165, 1.54) is 12.8 Å². The highest BCUT2D eigenvalue weighted by atomic mass is 16.6. The van der Waals surface area contributed by atoms with Crippen LogP contribution >= 0.6 is 0 Å². The fourth-order valence-electron chi connectivity index (χ4n) is 5.76. The average Bonchev–Trinajstić information content (AvgIpc) is 3.01. The minimum Gasteiger partial charge on any atom is -0.387 e. The normalized spacial score (nSPS) is 66.5. The Morgan fingerprint density at radius 1 is 1.18 bits per heavy atom. The molecule has 4 aliphatic rings. The van der Waals surface area contributed by atoms with Gasteiger partial charge in [-0.3, -0.25) is 0 Å². The fourth-order valence-corrected chi connectivity index (χ4v) is 5.76. The van der Waals surface area contributed by atoms with E-state index >= 15 is 0 Å². The first-order valence-corrected chi connectivity index (χ1v) is 7.22. The molecule has 0 unspecified atom stereocenters. The van der Waals surface area contributed by atoms with Crippen LogP contribution in [-0.4, -0.2) is 22.4 Å². The van der Waals surface area contributed by atoms with E-state index < -0.39 is 5.60 Å². The predicted molar refractivity (Wildman–Crippen MR) is 65.5 cm³/mol. The standard InChI is InChI=1S/C15H24O2/c1-8-7-10-15(17-10)11(8)12-9(13(12,2)3)5-6-14(15,4)16/h8-12,16H,5-7H2,1-4H3/t8-,9-,10+,11+,12-,14-,15+/m1/s1. The molecule has 1 saturated heterocycles. The minimum absolute atomic E-state index is 0.167. The predicted octanol–water partition coefficient (Wildman–Crippen LogP) is 2.60. The Kier molecular flexibility index (Phi) is 1.65. The number of ether oxygens (including phenoxy) is 1. The highest BCUT2D eigenvalue weighted by Crippen LogP contribution is 2.76. The first-order chi connectivity index (χ1) is 7.82. The summed E-state index contributed by atoms with van der Waals surface area (Å²) in [5, 5.41) is 10.8. The Bertz CT molecular complexity index is 386. The van der Waals surface area contributed by atoms with Crippen molar-refractivity contribution in [1.29, 1.82) is 0 Å². The van der Waals surface area contributed by atoms with Crippen molar-refractivity contribution in [3.05, 3.63) is 0 Å². The number of hydrogen-bond donors (Lipinski definition) is 1. The zero-order valence-corrected chi connectivity index (χ0v) is 11.4. The van der Waals surface area contributed by atoms with Gasteiger partial charge in [-0.1, -0.05) is 20.8 Å². The van der Waals surface area contributed by atoms with Crippen molar-refractivity contribution < 1.29 is 9.84 Å². The summed E-state index contributed by atoms with van der Waals surface area (Å²) >= 11 is 0. The maximum absolute atomic E-state index is 10.8. The molecule has 0 aromatic rings. The van der Waals surface area contributed by atoms with E-state index in [2.05, 4.69) is 20.8 Å². The van der Waals surface area contributed by atoms with Crippen molar-refractivity contribution in [2.24, 2.45) is 29.1 Å². The SMILES string of the molecule is C[C@@H]1C[C@@H]2O[C@]23[C@@H]1[C@H]1[C@@H](CC[C@@]3(C)O)C1(C)C. The molecule has 7 atom stereocenters. The lowest BCUT2D eigenvalue weighted by Crippen LogP contribution is -2.48. The van der Waals surface area contributed by atoms with E-state index in [0.29, 0.717) is 17.4 Å². The molecule has 1 heterocycles. The summed E-state index contributed by atoms with van der Waals surface area (Å²) in [4.78, 5) is 0. The van der Waals surface area contributed by atoms with Crippen LogP contribution in [0.5, 0.6) is 0 Å². The second-order valence-electron chi connectivity index (χ2n) is 7.90. The molecule has 4 rings (SSSR count). The second kappa shape index (κ2) is 2.60. The Morgan fingerprint density at radius 3 is 2.59 bits per heavy atom. The summed E-state index contributed by atoms with van der Waals surface area (Å²) in [6.07, 6.45) is 3.64. The molecule has 96 valence electrons. The van der Waals surface area contributed by atoms with Gasteiger partial charge in [0.15, 0.2) is 0 Å². The van der Waals surface area contributed by atoms with Crippen LogP contribution in [0, 0.1) is 29.1 Å². The first kappa shape index (κ1) is 10.8. The van der Waals surface area contributed by atoms with Crippen molar-refractivity contribution in [2.75, 3.05) is 0 Å². The van der Waals surface area contributed by atoms with Crippen molar-refractivity contribution in [1.82, 2.24) is 0 Å². The van der Waals surface area contributed by atoms with Crippen LogP contribution in [0.15, 0.2) is 0 Å². The molecule has 0 bridgehead atoms. The molecule has 2 heteroatoms. The second-order valence-corrected chi connectivity index (χ2v) is 7.90. The summed E-state index contributed by atoms with van der Waals surface area (Å²) in [7, 11) is 0. The maximum atomic E-state index is 10.8. The van der Waals surface area contributed by atoms with Crippen molar-refractivity contribution >= 4 is 0 Å². The van der Waals surface area contributed by atoms with E-state index in [-0.39, 0.29) is 5.60 Å². The van der Waals surface area contributed by atoms with Gasteiger partial charge < -0.3 is 9.84 Å². The smallest absolute Gasteiger partial charge is 0.126 e. The number of epoxide rings is 1. The van der Waals surface area contributed by atoms with Gasteiger partial charge in [0, 0.05) is 0 Å². The number of rotatable bonds is 0. The molecule has 2 nitrogen and oxygen atoms in total. The van der Waals surface area contributed by atoms with Crippen LogP contribution < -0.4 is 0 Å². The van der Waals surface area contributed by atoms with Gasteiger partial charge >= 0.3 is 0 Å². The molecule has 1 aliphatic heterocycles. The lowest BCUT2D eigenvalue weighted by Gasteiger charge is -2.36. The molecule has 1 spiro atoms. The molecule has 0 aromatic carbocycles. The van der Waals surface area contributed by atoms with Gasteiger partial charge in [0.2, 0.25) is 0 Å². The van der Waals surface area contributed by atoms with Gasteiger partial charge in [0.05, 0.1) is 11.7 Å². The number of hydrogen-bond acceptors (Lipinski definition) is 2. The van der Waals surface area contributed by atoms with E-state index in [1.54, 1.807) is 0 Å². The van der Waals surface area contributed by atoms with E-state index in [0.717, 1.165) is 24.2 Å². The number of aliphatic hydroxyl groups is 1. The Labute approximate surface area is 104 Å². The molecule has 17 heavy (non-hydrogen) atoms. The third-order valence-corrected chi connectivity index (χ3v) is 6.76. The Morgan fingerprint density at radius 2 is 1.88 bits per heavy atom.